The highest BCUT2D eigenvalue weighted by molar-refractivity contribution is 7.90. The van der Waals surface area contributed by atoms with Gasteiger partial charge in [-0.25, -0.2) is 8.42 Å². The minimum absolute atomic E-state index is 0.0696. The summed E-state index contributed by atoms with van der Waals surface area (Å²) in [6.45, 7) is 1.68. The molecule has 1 aromatic heterocycles. The van der Waals surface area contributed by atoms with Gasteiger partial charge in [0, 0.05) is 11.6 Å². The van der Waals surface area contributed by atoms with E-state index in [-0.39, 0.29) is 24.2 Å². The van der Waals surface area contributed by atoms with Crippen LogP contribution in [0.2, 0.25) is 0 Å². The van der Waals surface area contributed by atoms with Gasteiger partial charge >= 0.3 is 5.97 Å². The molecule has 3 rings (SSSR count). The number of sulfone groups is 1. The van der Waals surface area contributed by atoms with Crippen molar-refractivity contribution in [3.05, 3.63) is 59.8 Å². The maximum Gasteiger partial charge on any atom is 0.304 e. The van der Waals surface area contributed by atoms with E-state index in [1.807, 2.05) is 30.3 Å². The summed E-state index contributed by atoms with van der Waals surface area (Å²) < 4.78 is 29.4. The van der Waals surface area contributed by atoms with E-state index in [0.29, 0.717) is 18.6 Å². The minimum Gasteiger partial charge on any atom is -0.486 e. The molecule has 2 N–H and O–H groups in total. The lowest BCUT2D eigenvalue weighted by Crippen LogP contribution is -2.11. The lowest BCUT2D eigenvalue weighted by Gasteiger charge is -2.20. The number of fused-ring (bicyclic) bond motifs is 1. The molecule has 2 aromatic carbocycles. The number of aromatic nitrogens is 2. The molecule has 0 aliphatic carbocycles. The predicted molar refractivity (Wildman–Crippen MR) is 123 cm³/mol. The molecule has 8 heteroatoms. The lowest BCUT2D eigenvalue weighted by atomic mass is 9.96. The van der Waals surface area contributed by atoms with Crippen LogP contribution in [0.3, 0.4) is 0 Å². The highest BCUT2D eigenvalue weighted by Gasteiger charge is 2.17. The highest BCUT2D eigenvalue weighted by atomic mass is 32.2. The average Bonchev–Trinajstić information content (AvgIpc) is 3.20. The van der Waals surface area contributed by atoms with E-state index in [0.717, 1.165) is 22.0 Å². The van der Waals surface area contributed by atoms with Crippen LogP contribution in [-0.2, 0) is 14.6 Å². The number of nitrogens with zero attached hydrogens (tertiary/aromatic N) is 1. The first kappa shape index (κ1) is 23.4. The number of ether oxygens (including phenoxy) is 1. The molecule has 0 amide bonds. The van der Waals surface area contributed by atoms with E-state index in [9.17, 15) is 13.2 Å². The quantitative estimate of drug-likeness (QED) is 0.447. The molecule has 0 bridgehead atoms. The molecule has 0 saturated carbocycles. The zero-order valence-corrected chi connectivity index (χ0v) is 18.9. The summed E-state index contributed by atoms with van der Waals surface area (Å²) in [4.78, 5) is 11.1. The van der Waals surface area contributed by atoms with Gasteiger partial charge < -0.3 is 9.84 Å². The molecule has 2 atom stereocenters. The fourth-order valence-corrected chi connectivity index (χ4v) is 4.22. The summed E-state index contributed by atoms with van der Waals surface area (Å²) in [5.41, 5.74) is 2.65. The van der Waals surface area contributed by atoms with Crippen LogP contribution < -0.4 is 4.74 Å². The molecule has 1 heterocycles. The number of hydrogen-bond acceptors (Lipinski definition) is 5. The number of aliphatic carboxylic acids is 1. The third kappa shape index (κ3) is 6.59. The standard InChI is InChI=1S/C24H26N2O5S/c1-3-5-18(15-24(27)28)17-7-10-21(11-8-17)31-23(6-4-13-32(2,29)30)19-9-12-22-20(14-19)16-25-26-22/h7-12,14,16,18,23H,4,6,13,15H2,1-2H3,(H,25,26)(H,27,28)/t18?,23-/m0/s1. The predicted octanol–water partition coefficient (Wildman–Crippen LogP) is 4.09. The van der Waals surface area contributed by atoms with Crippen molar-refractivity contribution in [1.82, 2.24) is 10.2 Å². The second kappa shape index (κ2) is 10.3. The maximum absolute atomic E-state index is 11.6. The van der Waals surface area contributed by atoms with E-state index >= 15 is 0 Å². The SMILES string of the molecule is CC#CC(CC(=O)O)c1ccc(O[C@@H](CCCS(C)(=O)=O)c2ccc3[nH]ncc3c2)cc1. The van der Waals surface area contributed by atoms with Gasteiger partial charge in [0.2, 0.25) is 0 Å². The normalized spacial score (nSPS) is 13.2. The molecule has 7 nitrogen and oxygen atoms in total. The molecule has 0 spiro atoms. The Kier molecular flexibility index (Phi) is 7.54. The molecule has 0 aliphatic heterocycles. The molecule has 0 fully saturated rings. The Morgan fingerprint density at radius 2 is 1.91 bits per heavy atom. The van der Waals surface area contributed by atoms with E-state index in [1.54, 1.807) is 25.3 Å². The van der Waals surface area contributed by atoms with Crippen LogP contribution in [-0.4, -0.2) is 41.7 Å². The van der Waals surface area contributed by atoms with Crippen LogP contribution in [0.4, 0.5) is 0 Å². The molecule has 32 heavy (non-hydrogen) atoms. The fourth-order valence-electron chi connectivity index (χ4n) is 3.53. The van der Waals surface area contributed by atoms with Crippen LogP contribution in [0, 0.1) is 11.8 Å². The Bertz CT molecular complexity index is 1240. The lowest BCUT2D eigenvalue weighted by molar-refractivity contribution is -0.137. The number of rotatable bonds is 10. The molecule has 3 aromatic rings. The third-order valence-electron chi connectivity index (χ3n) is 5.08. The first-order valence-electron chi connectivity index (χ1n) is 10.3. The number of nitrogens with one attached hydrogen (secondary N) is 1. The summed E-state index contributed by atoms with van der Waals surface area (Å²) in [5.74, 6) is 5.13. The topological polar surface area (TPSA) is 109 Å². The van der Waals surface area contributed by atoms with Gasteiger partial charge in [-0.3, -0.25) is 9.89 Å². The van der Waals surface area contributed by atoms with Crippen LogP contribution >= 0.6 is 0 Å². The van der Waals surface area contributed by atoms with E-state index in [1.165, 1.54) is 6.26 Å². The van der Waals surface area contributed by atoms with Gasteiger partial charge in [-0.2, -0.15) is 5.10 Å². The maximum atomic E-state index is 11.6. The number of carbonyl (C=O) groups is 1. The Morgan fingerprint density at radius 1 is 1.19 bits per heavy atom. The van der Waals surface area contributed by atoms with E-state index in [2.05, 4.69) is 22.0 Å². The van der Waals surface area contributed by atoms with Crippen molar-refractivity contribution in [2.24, 2.45) is 0 Å². The molecular weight excluding hydrogens is 428 g/mol. The second-order valence-electron chi connectivity index (χ2n) is 7.71. The molecule has 0 saturated heterocycles. The van der Waals surface area contributed by atoms with Crippen LogP contribution in [0.5, 0.6) is 5.75 Å². The molecule has 0 radical (unpaired) electrons. The zero-order chi connectivity index (χ0) is 23.1. The minimum atomic E-state index is -3.06. The fraction of sp³-hybridized carbons (Fsp3) is 0.333. The van der Waals surface area contributed by atoms with E-state index < -0.39 is 15.8 Å². The van der Waals surface area contributed by atoms with Gasteiger partial charge in [0.05, 0.1) is 29.8 Å². The molecule has 0 aliphatic rings. The zero-order valence-electron chi connectivity index (χ0n) is 18.0. The summed E-state index contributed by atoms with van der Waals surface area (Å²) in [6, 6.07) is 13.1. The van der Waals surface area contributed by atoms with Crippen molar-refractivity contribution in [2.75, 3.05) is 12.0 Å². The first-order chi connectivity index (χ1) is 15.2. The number of H-pyrrole nitrogens is 1. The van der Waals surface area contributed by atoms with Crippen LogP contribution in [0.25, 0.3) is 10.9 Å². The summed E-state index contributed by atoms with van der Waals surface area (Å²) in [5, 5.41) is 17.0. The van der Waals surface area contributed by atoms with Gasteiger partial charge in [0.25, 0.3) is 0 Å². The molecular formula is C24H26N2O5S. The summed E-state index contributed by atoms with van der Waals surface area (Å²) >= 11 is 0. The summed E-state index contributed by atoms with van der Waals surface area (Å²) in [7, 11) is -3.06. The van der Waals surface area contributed by atoms with Crippen molar-refractivity contribution in [2.45, 2.75) is 38.2 Å². The highest BCUT2D eigenvalue weighted by Crippen LogP contribution is 2.30. The van der Waals surface area contributed by atoms with E-state index in [4.69, 9.17) is 9.84 Å². The smallest absolute Gasteiger partial charge is 0.304 e. The molecule has 1 unspecified atom stereocenters. The van der Waals surface area contributed by atoms with Crippen LogP contribution in [0.1, 0.15) is 49.3 Å². The Labute approximate surface area is 187 Å². The number of carboxylic acid groups (broad SMARTS) is 1. The van der Waals surface area contributed by atoms with Crippen molar-refractivity contribution in [3.63, 3.8) is 0 Å². The van der Waals surface area contributed by atoms with Gasteiger partial charge in [0.1, 0.15) is 21.7 Å². The van der Waals surface area contributed by atoms with Crippen molar-refractivity contribution >= 4 is 26.7 Å². The number of hydrogen-bond donors (Lipinski definition) is 2. The van der Waals surface area contributed by atoms with Gasteiger partial charge in [-0.1, -0.05) is 24.1 Å². The largest absolute Gasteiger partial charge is 0.486 e. The summed E-state index contributed by atoms with van der Waals surface area (Å²) in [6.07, 6.45) is 3.55. The monoisotopic (exact) mass is 454 g/mol. The Balaban J connectivity index is 1.81. The second-order valence-corrected chi connectivity index (χ2v) is 9.97. The van der Waals surface area contributed by atoms with Crippen molar-refractivity contribution < 1.29 is 23.1 Å². The van der Waals surface area contributed by atoms with Crippen LogP contribution in [0.15, 0.2) is 48.7 Å². The number of aromatic amines is 1. The third-order valence-corrected chi connectivity index (χ3v) is 6.11. The first-order valence-corrected chi connectivity index (χ1v) is 12.3. The Hall–Kier alpha value is -3.31. The number of benzene rings is 2. The number of carboxylic acids is 1. The molecule has 168 valence electrons. The van der Waals surface area contributed by atoms with Gasteiger partial charge in [0.15, 0.2) is 0 Å². The van der Waals surface area contributed by atoms with Gasteiger partial charge in [-0.05, 0) is 55.2 Å². The Morgan fingerprint density at radius 3 is 2.56 bits per heavy atom. The van der Waals surface area contributed by atoms with Crippen molar-refractivity contribution in [3.8, 4) is 17.6 Å². The van der Waals surface area contributed by atoms with Gasteiger partial charge in [-0.15, -0.1) is 5.92 Å². The van der Waals surface area contributed by atoms with Crippen molar-refractivity contribution in [1.29, 1.82) is 0 Å². The average molecular weight is 455 g/mol.